The fourth-order valence-electron chi connectivity index (χ4n) is 1.99. The van der Waals surface area contributed by atoms with Crippen molar-refractivity contribution < 1.29 is 0 Å². The summed E-state index contributed by atoms with van der Waals surface area (Å²) in [6, 6.07) is 13.2. The lowest BCUT2D eigenvalue weighted by molar-refractivity contribution is 0.838. The van der Waals surface area contributed by atoms with E-state index < -0.39 is 0 Å². The third kappa shape index (κ3) is 2.04. The summed E-state index contributed by atoms with van der Waals surface area (Å²) in [5.74, 6) is 0. The van der Waals surface area contributed by atoms with Crippen molar-refractivity contribution in [2.75, 3.05) is 0 Å². The van der Waals surface area contributed by atoms with Gasteiger partial charge in [-0.25, -0.2) is 4.68 Å². The van der Waals surface area contributed by atoms with Gasteiger partial charge in [0.15, 0.2) is 0 Å². The van der Waals surface area contributed by atoms with Crippen molar-refractivity contribution in [1.82, 2.24) is 14.8 Å². The monoisotopic (exact) mass is 251 g/mol. The molecule has 4 heteroatoms. The van der Waals surface area contributed by atoms with Crippen molar-refractivity contribution in [2.24, 2.45) is 0 Å². The highest BCUT2D eigenvalue weighted by Crippen LogP contribution is 1.99. The fraction of sp³-hybridized carbons (Fsp3) is 0. The van der Waals surface area contributed by atoms with Gasteiger partial charge in [0.2, 0.25) is 0 Å². The zero-order valence-electron chi connectivity index (χ0n) is 10.3. The number of nitrogens with one attached hydrogen (secondary N) is 2. The molecular formula is C15H13N3O. The van der Waals surface area contributed by atoms with Crippen LogP contribution in [0.15, 0.2) is 53.5 Å². The Labute approximate surface area is 109 Å². The van der Waals surface area contributed by atoms with E-state index in [2.05, 4.69) is 16.7 Å². The van der Waals surface area contributed by atoms with Gasteiger partial charge in [-0.1, -0.05) is 24.8 Å². The van der Waals surface area contributed by atoms with Crippen LogP contribution in [-0.4, -0.2) is 14.8 Å². The van der Waals surface area contributed by atoms with Gasteiger partial charge in [-0.15, -0.1) is 0 Å². The third-order valence-electron chi connectivity index (χ3n) is 2.94. The quantitative estimate of drug-likeness (QED) is 0.693. The maximum absolute atomic E-state index is 12.4. The van der Waals surface area contributed by atoms with E-state index in [-0.39, 0.29) is 5.56 Å². The minimum absolute atomic E-state index is 0.106. The van der Waals surface area contributed by atoms with Gasteiger partial charge >= 0.3 is 0 Å². The van der Waals surface area contributed by atoms with Gasteiger partial charge in [-0.05, 0) is 30.3 Å². The number of para-hydroxylation sites is 1. The second-order valence-corrected chi connectivity index (χ2v) is 4.25. The first-order chi connectivity index (χ1) is 9.25. The Hall–Kier alpha value is -2.75. The molecule has 3 rings (SSSR count). The predicted octanol–water partition coefficient (Wildman–Crippen LogP) is 0.733. The summed E-state index contributed by atoms with van der Waals surface area (Å²) in [4.78, 5) is 15.4. The maximum Gasteiger partial charge on any atom is 0.279 e. The molecule has 0 unspecified atom stereocenters. The molecule has 0 amide bonds. The van der Waals surface area contributed by atoms with Crippen molar-refractivity contribution in [2.45, 2.75) is 0 Å². The lowest BCUT2D eigenvalue weighted by atomic mass is 10.3. The van der Waals surface area contributed by atoms with E-state index in [1.54, 1.807) is 6.08 Å². The number of rotatable bonds is 2. The number of aromatic nitrogens is 3. The van der Waals surface area contributed by atoms with Gasteiger partial charge in [0.25, 0.3) is 5.56 Å². The zero-order valence-corrected chi connectivity index (χ0v) is 10.3. The van der Waals surface area contributed by atoms with Crippen LogP contribution in [0.4, 0.5) is 0 Å². The summed E-state index contributed by atoms with van der Waals surface area (Å²) in [7, 11) is 0. The maximum atomic E-state index is 12.4. The second kappa shape index (κ2) is 4.49. The number of aromatic amines is 2. The van der Waals surface area contributed by atoms with Crippen molar-refractivity contribution >= 4 is 12.7 Å². The summed E-state index contributed by atoms with van der Waals surface area (Å²) >= 11 is 0. The molecule has 0 aliphatic heterocycles. The van der Waals surface area contributed by atoms with Gasteiger partial charge in [0, 0.05) is 11.9 Å². The Morgan fingerprint density at radius 1 is 1.11 bits per heavy atom. The molecule has 0 saturated carbocycles. The third-order valence-corrected chi connectivity index (χ3v) is 2.94. The molecule has 0 atom stereocenters. The topological polar surface area (TPSA) is 53.6 Å². The molecule has 2 heterocycles. The largest absolute Gasteiger partial charge is 0.362 e. The Balaban J connectivity index is 2.23. The number of hydrogen-bond acceptors (Lipinski definition) is 1. The van der Waals surface area contributed by atoms with Crippen LogP contribution in [0.25, 0.3) is 18.3 Å². The van der Waals surface area contributed by atoms with E-state index >= 15 is 0 Å². The van der Waals surface area contributed by atoms with Crippen LogP contribution >= 0.6 is 0 Å². The summed E-state index contributed by atoms with van der Waals surface area (Å²) in [5, 5.41) is 4.15. The average molecular weight is 251 g/mol. The molecule has 1 aromatic carbocycles. The molecule has 0 aliphatic carbocycles. The Kier molecular flexibility index (Phi) is 2.68. The first kappa shape index (κ1) is 11.3. The summed E-state index contributed by atoms with van der Waals surface area (Å²) < 4.78 is 1.50. The minimum atomic E-state index is -0.106. The average Bonchev–Trinajstić information content (AvgIpc) is 3.03. The predicted molar refractivity (Wildman–Crippen MR) is 75.5 cm³/mol. The van der Waals surface area contributed by atoms with Gasteiger partial charge in [-0.2, -0.15) is 0 Å². The molecule has 0 bridgehead atoms. The number of H-pyrrole nitrogens is 2. The normalized spacial score (nSPS) is 11.9. The van der Waals surface area contributed by atoms with E-state index in [1.165, 1.54) is 4.68 Å². The standard InChI is InChI=1S/C15H13N3O/c1-11-14(10-12-6-5-9-16-12)15(19)18(17-11)13-7-3-2-4-8-13/h2-10,16-17H,1H2/b14-10-. The van der Waals surface area contributed by atoms with Crippen LogP contribution in [0.1, 0.15) is 5.69 Å². The van der Waals surface area contributed by atoms with Crippen molar-refractivity contribution in [3.63, 3.8) is 0 Å². The molecule has 0 aliphatic rings. The number of hydrogen-bond donors (Lipinski definition) is 2. The Morgan fingerprint density at radius 3 is 2.58 bits per heavy atom. The summed E-state index contributed by atoms with van der Waals surface area (Å²) in [6.07, 6.45) is 3.61. The van der Waals surface area contributed by atoms with Gasteiger partial charge < -0.3 is 4.98 Å². The van der Waals surface area contributed by atoms with Crippen LogP contribution in [0.2, 0.25) is 0 Å². The number of nitrogens with zero attached hydrogens (tertiary/aromatic N) is 1. The first-order valence-electron chi connectivity index (χ1n) is 5.96. The second-order valence-electron chi connectivity index (χ2n) is 4.25. The van der Waals surface area contributed by atoms with E-state index in [9.17, 15) is 4.79 Å². The van der Waals surface area contributed by atoms with Crippen molar-refractivity contribution in [3.05, 3.63) is 75.3 Å². The van der Waals surface area contributed by atoms with Crippen LogP contribution in [0.5, 0.6) is 0 Å². The zero-order chi connectivity index (χ0) is 13.2. The molecular weight excluding hydrogens is 238 g/mol. The minimum Gasteiger partial charge on any atom is -0.362 e. The molecule has 2 N–H and O–H groups in total. The van der Waals surface area contributed by atoms with Crippen molar-refractivity contribution in [3.8, 4) is 5.69 Å². The lowest BCUT2D eigenvalue weighted by Gasteiger charge is -1.98. The lowest BCUT2D eigenvalue weighted by Crippen LogP contribution is -2.33. The molecule has 94 valence electrons. The molecule has 0 spiro atoms. The van der Waals surface area contributed by atoms with Crippen LogP contribution < -0.4 is 16.1 Å². The molecule has 0 fully saturated rings. The van der Waals surface area contributed by atoms with Crippen molar-refractivity contribution in [1.29, 1.82) is 0 Å². The van der Waals surface area contributed by atoms with E-state index in [1.807, 2.05) is 48.7 Å². The van der Waals surface area contributed by atoms with Gasteiger partial charge in [-0.3, -0.25) is 9.89 Å². The van der Waals surface area contributed by atoms with E-state index in [4.69, 9.17) is 0 Å². The van der Waals surface area contributed by atoms with Gasteiger partial charge in [0.1, 0.15) is 0 Å². The van der Waals surface area contributed by atoms with Crippen LogP contribution in [-0.2, 0) is 0 Å². The molecule has 0 radical (unpaired) electrons. The fourth-order valence-corrected chi connectivity index (χ4v) is 1.99. The highest BCUT2D eigenvalue weighted by atomic mass is 16.1. The smallest absolute Gasteiger partial charge is 0.279 e. The molecule has 0 saturated heterocycles. The summed E-state index contributed by atoms with van der Waals surface area (Å²) in [5.41, 5.74) is 1.57. The van der Waals surface area contributed by atoms with Crippen LogP contribution in [0, 0.1) is 0 Å². The SMILES string of the molecule is C=c1[nH]n(-c2ccccc2)c(=O)/c1=C\c1ccc[nH]1. The molecule has 2 aromatic heterocycles. The Morgan fingerprint density at radius 2 is 1.89 bits per heavy atom. The molecule has 19 heavy (non-hydrogen) atoms. The summed E-state index contributed by atoms with van der Waals surface area (Å²) in [6.45, 7) is 3.89. The highest BCUT2D eigenvalue weighted by molar-refractivity contribution is 5.45. The van der Waals surface area contributed by atoms with E-state index in [0.717, 1.165) is 11.4 Å². The Bertz CT molecular complexity index is 839. The van der Waals surface area contributed by atoms with Gasteiger partial charge in [0.05, 0.1) is 16.3 Å². The first-order valence-corrected chi connectivity index (χ1v) is 5.96. The number of benzene rings is 1. The van der Waals surface area contributed by atoms with E-state index in [0.29, 0.717) is 10.6 Å². The molecule has 3 aromatic rings. The van der Waals surface area contributed by atoms with Crippen LogP contribution in [0.3, 0.4) is 0 Å². The molecule has 4 nitrogen and oxygen atoms in total. The highest BCUT2D eigenvalue weighted by Gasteiger charge is 2.03.